The number of hydrogen-bond donors (Lipinski definition) is 1. The van der Waals surface area contributed by atoms with Crippen LogP contribution in [0.15, 0.2) is 72.9 Å². The summed E-state index contributed by atoms with van der Waals surface area (Å²) in [6.07, 6.45) is 2.18. The van der Waals surface area contributed by atoms with E-state index in [0.717, 1.165) is 25.2 Å². The Bertz CT molecular complexity index is 913. The van der Waals surface area contributed by atoms with Crippen LogP contribution in [-0.4, -0.2) is 17.6 Å². The summed E-state index contributed by atoms with van der Waals surface area (Å²) >= 11 is 0. The molecule has 1 N–H and O–H groups in total. The highest BCUT2D eigenvalue weighted by Gasteiger charge is 2.20. The number of carbonyl (C=O) groups is 1. The number of ether oxygens (including phenoxy) is 1. The number of fused-ring (bicyclic) bond motifs is 1. The Morgan fingerprint density at radius 3 is 2.74 bits per heavy atom. The molecule has 0 saturated carbocycles. The van der Waals surface area contributed by atoms with E-state index in [1.165, 1.54) is 16.8 Å². The van der Waals surface area contributed by atoms with Gasteiger partial charge in [0.05, 0.1) is 12.2 Å². The van der Waals surface area contributed by atoms with Crippen molar-refractivity contribution in [1.29, 1.82) is 0 Å². The third-order valence-corrected chi connectivity index (χ3v) is 4.61. The maximum Gasteiger partial charge on any atom is 0.412 e. The van der Waals surface area contributed by atoms with Crippen LogP contribution in [0.2, 0.25) is 0 Å². The maximum atomic E-state index is 12.0. The Morgan fingerprint density at radius 1 is 1.07 bits per heavy atom. The molecule has 0 radical (unpaired) electrons. The van der Waals surface area contributed by atoms with Gasteiger partial charge >= 0.3 is 6.09 Å². The van der Waals surface area contributed by atoms with Gasteiger partial charge in [-0.1, -0.05) is 36.4 Å². The Morgan fingerprint density at radius 2 is 1.93 bits per heavy atom. The maximum absolute atomic E-state index is 12.0. The molecule has 2 heterocycles. The number of aromatic nitrogens is 1. The lowest BCUT2D eigenvalue weighted by molar-refractivity contribution is 0.200. The number of carbonyl (C=O) groups excluding carboxylic acids is 1. The first-order valence-corrected chi connectivity index (χ1v) is 9.05. The van der Waals surface area contributed by atoms with E-state index in [1.54, 1.807) is 6.20 Å². The molecule has 0 aliphatic carbocycles. The number of pyridine rings is 1. The van der Waals surface area contributed by atoms with Crippen LogP contribution < -0.4 is 15.0 Å². The van der Waals surface area contributed by atoms with Crippen molar-refractivity contribution in [2.24, 2.45) is 0 Å². The van der Waals surface area contributed by atoms with E-state index in [9.17, 15) is 4.79 Å². The van der Waals surface area contributed by atoms with Crippen LogP contribution in [-0.2, 0) is 19.5 Å². The third-order valence-electron chi connectivity index (χ3n) is 4.61. The van der Waals surface area contributed by atoms with Gasteiger partial charge in [0.2, 0.25) is 0 Å². The lowest BCUT2D eigenvalue weighted by Gasteiger charge is -2.19. The van der Waals surface area contributed by atoms with Crippen molar-refractivity contribution in [2.75, 3.05) is 11.4 Å². The Kier molecular flexibility index (Phi) is 5.01. The SMILES string of the molecule is O=C(NCc1ccccn1)Oc1ccc2c(c1)CCN2Cc1ccccc1. The first-order valence-electron chi connectivity index (χ1n) is 9.05. The standard InChI is InChI=1S/C22H21N3O2/c26-22(24-15-19-8-4-5-12-23-19)27-20-9-10-21-18(14-20)11-13-25(21)16-17-6-2-1-3-7-17/h1-10,12,14H,11,13,15-16H2,(H,24,26). The molecule has 4 rings (SSSR count). The molecule has 136 valence electrons. The fraction of sp³-hybridized carbons (Fsp3) is 0.182. The number of rotatable bonds is 5. The highest BCUT2D eigenvalue weighted by molar-refractivity contribution is 5.71. The van der Waals surface area contributed by atoms with E-state index in [1.807, 2.05) is 42.5 Å². The Balaban J connectivity index is 1.36. The van der Waals surface area contributed by atoms with Crippen molar-refractivity contribution in [3.8, 4) is 5.75 Å². The summed E-state index contributed by atoms with van der Waals surface area (Å²) in [5, 5.41) is 2.72. The minimum atomic E-state index is -0.472. The summed E-state index contributed by atoms with van der Waals surface area (Å²) in [4.78, 5) is 18.5. The van der Waals surface area contributed by atoms with Crippen LogP contribution in [0, 0.1) is 0 Å². The Labute approximate surface area is 158 Å². The molecule has 1 aliphatic heterocycles. The molecule has 0 atom stereocenters. The van der Waals surface area contributed by atoms with E-state index in [2.05, 4.69) is 39.5 Å². The lowest BCUT2D eigenvalue weighted by atomic mass is 10.1. The van der Waals surface area contributed by atoms with Crippen LogP contribution in [0.5, 0.6) is 5.75 Å². The lowest BCUT2D eigenvalue weighted by Crippen LogP contribution is -2.26. The third kappa shape index (κ3) is 4.26. The summed E-state index contributed by atoms with van der Waals surface area (Å²) in [6.45, 7) is 2.20. The van der Waals surface area contributed by atoms with Gasteiger partial charge in [-0.3, -0.25) is 4.98 Å². The summed E-state index contributed by atoms with van der Waals surface area (Å²) in [7, 11) is 0. The number of benzene rings is 2. The van der Waals surface area contributed by atoms with Gasteiger partial charge in [0.25, 0.3) is 0 Å². The van der Waals surface area contributed by atoms with Crippen molar-refractivity contribution in [3.05, 3.63) is 89.7 Å². The second-order valence-corrected chi connectivity index (χ2v) is 6.51. The number of nitrogens with one attached hydrogen (secondary N) is 1. The molecule has 1 aromatic heterocycles. The molecule has 0 fully saturated rings. The van der Waals surface area contributed by atoms with E-state index in [4.69, 9.17) is 4.74 Å². The molecule has 0 bridgehead atoms. The van der Waals surface area contributed by atoms with Crippen LogP contribution in [0.4, 0.5) is 10.5 Å². The van der Waals surface area contributed by atoms with Crippen LogP contribution in [0.1, 0.15) is 16.8 Å². The average Bonchev–Trinajstić information content (AvgIpc) is 3.10. The van der Waals surface area contributed by atoms with E-state index >= 15 is 0 Å². The minimum absolute atomic E-state index is 0.343. The molecular weight excluding hydrogens is 338 g/mol. The van der Waals surface area contributed by atoms with Crippen molar-refractivity contribution >= 4 is 11.8 Å². The van der Waals surface area contributed by atoms with Crippen molar-refractivity contribution in [1.82, 2.24) is 10.3 Å². The van der Waals surface area contributed by atoms with Gasteiger partial charge in [-0.25, -0.2) is 4.79 Å². The largest absolute Gasteiger partial charge is 0.412 e. The van der Waals surface area contributed by atoms with Crippen molar-refractivity contribution in [2.45, 2.75) is 19.5 Å². The average molecular weight is 359 g/mol. The smallest absolute Gasteiger partial charge is 0.410 e. The zero-order valence-electron chi connectivity index (χ0n) is 15.0. The predicted molar refractivity (Wildman–Crippen MR) is 105 cm³/mol. The van der Waals surface area contributed by atoms with Crippen molar-refractivity contribution < 1.29 is 9.53 Å². The van der Waals surface area contributed by atoms with Crippen LogP contribution in [0.25, 0.3) is 0 Å². The molecule has 1 amide bonds. The molecule has 3 aromatic rings. The number of amides is 1. The highest BCUT2D eigenvalue weighted by Crippen LogP contribution is 2.32. The molecule has 0 spiro atoms. The van der Waals surface area contributed by atoms with Crippen LogP contribution in [0.3, 0.4) is 0 Å². The number of anilines is 1. The second-order valence-electron chi connectivity index (χ2n) is 6.51. The van der Waals surface area contributed by atoms with Gasteiger partial charge in [0.15, 0.2) is 0 Å². The molecular formula is C22H21N3O2. The molecule has 27 heavy (non-hydrogen) atoms. The molecule has 5 nitrogen and oxygen atoms in total. The molecule has 0 saturated heterocycles. The topological polar surface area (TPSA) is 54.5 Å². The van der Waals surface area contributed by atoms with Gasteiger partial charge in [0, 0.05) is 25.0 Å². The molecule has 2 aromatic carbocycles. The normalized spacial score (nSPS) is 12.5. The van der Waals surface area contributed by atoms with Gasteiger partial charge < -0.3 is 15.0 Å². The zero-order valence-corrected chi connectivity index (χ0v) is 15.0. The predicted octanol–water partition coefficient (Wildman–Crippen LogP) is 3.93. The second kappa shape index (κ2) is 7.91. The number of nitrogens with zero attached hydrogens (tertiary/aromatic N) is 2. The summed E-state index contributed by atoms with van der Waals surface area (Å²) in [6, 6.07) is 21.9. The summed E-state index contributed by atoms with van der Waals surface area (Å²) in [5.41, 5.74) is 4.50. The molecule has 1 aliphatic rings. The Hall–Kier alpha value is -3.34. The molecule has 5 heteroatoms. The zero-order chi connectivity index (χ0) is 18.5. The van der Waals surface area contributed by atoms with Gasteiger partial charge in [0.1, 0.15) is 5.75 Å². The van der Waals surface area contributed by atoms with Gasteiger partial charge in [-0.15, -0.1) is 0 Å². The highest BCUT2D eigenvalue weighted by atomic mass is 16.6. The fourth-order valence-corrected chi connectivity index (χ4v) is 3.29. The quantitative estimate of drug-likeness (QED) is 0.750. The minimum Gasteiger partial charge on any atom is -0.410 e. The van der Waals surface area contributed by atoms with Crippen molar-refractivity contribution in [3.63, 3.8) is 0 Å². The first-order chi connectivity index (χ1) is 13.3. The van der Waals surface area contributed by atoms with Crippen LogP contribution >= 0.6 is 0 Å². The van der Waals surface area contributed by atoms with Gasteiger partial charge in [-0.2, -0.15) is 0 Å². The van der Waals surface area contributed by atoms with E-state index < -0.39 is 6.09 Å². The van der Waals surface area contributed by atoms with E-state index in [-0.39, 0.29) is 0 Å². The molecule has 0 unspecified atom stereocenters. The number of hydrogen-bond acceptors (Lipinski definition) is 4. The first kappa shape index (κ1) is 17.1. The fourth-order valence-electron chi connectivity index (χ4n) is 3.29. The monoisotopic (exact) mass is 359 g/mol. The van der Waals surface area contributed by atoms with Gasteiger partial charge in [-0.05, 0) is 47.9 Å². The van der Waals surface area contributed by atoms with E-state index in [0.29, 0.717) is 12.3 Å². The summed E-state index contributed by atoms with van der Waals surface area (Å²) < 4.78 is 5.42. The summed E-state index contributed by atoms with van der Waals surface area (Å²) in [5.74, 6) is 0.564.